The minimum absolute atomic E-state index is 0.159. The summed E-state index contributed by atoms with van der Waals surface area (Å²) in [5.41, 5.74) is 2.09. The van der Waals surface area contributed by atoms with Gasteiger partial charge in [0.25, 0.3) is 0 Å². The van der Waals surface area contributed by atoms with E-state index in [0.29, 0.717) is 26.1 Å². The Labute approximate surface area is 143 Å². The Hall–Kier alpha value is -2.36. The Morgan fingerprint density at radius 1 is 1.29 bits per heavy atom. The van der Waals surface area contributed by atoms with Gasteiger partial charge in [0, 0.05) is 31.4 Å². The van der Waals surface area contributed by atoms with Gasteiger partial charge in [-0.15, -0.1) is 6.58 Å². The Morgan fingerprint density at radius 2 is 2.04 bits per heavy atom. The van der Waals surface area contributed by atoms with E-state index in [1.165, 1.54) is 12.1 Å². The van der Waals surface area contributed by atoms with Gasteiger partial charge < -0.3 is 9.47 Å². The average Bonchev–Trinajstić information content (AvgIpc) is 3.01. The maximum atomic E-state index is 13.0. The molecule has 0 aliphatic rings. The molecule has 1 aromatic carbocycles. The fourth-order valence-corrected chi connectivity index (χ4v) is 2.63. The quantitative estimate of drug-likeness (QED) is 0.627. The van der Waals surface area contributed by atoms with Crippen molar-refractivity contribution in [2.75, 3.05) is 6.54 Å². The predicted molar refractivity (Wildman–Crippen MR) is 95.1 cm³/mol. The molecular formula is C20H25FN2O. The third-order valence-electron chi connectivity index (χ3n) is 3.99. The fraction of sp³-hybridized carbons (Fsp3) is 0.350. The molecule has 0 saturated heterocycles. The number of hydrogen-bond donors (Lipinski definition) is 0. The lowest BCUT2D eigenvalue weighted by molar-refractivity contribution is -0.131. The highest BCUT2D eigenvalue weighted by molar-refractivity contribution is 5.76. The first-order valence-corrected chi connectivity index (χ1v) is 8.41. The lowest BCUT2D eigenvalue weighted by Crippen LogP contribution is -2.31. The maximum absolute atomic E-state index is 13.0. The number of amides is 1. The van der Waals surface area contributed by atoms with Gasteiger partial charge in [-0.1, -0.05) is 31.6 Å². The van der Waals surface area contributed by atoms with E-state index in [2.05, 4.69) is 18.1 Å². The van der Waals surface area contributed by atoms with Gasteiger partial charge in [-0.25, -0.2) is 4.39 Å². The number of unbranched alkanes of at least 4 members (excludes halogenated alkanes) is 1. The van der Waals surface area contributed by atoms with Gasteiger partial charge in [0.15, 0.2) is 0 Å². The van der Waals surface area contributed by atoms with Gasteiger partial charge in [0.2, 0.25) is 5.91 Å². The maximum Gasteiger partial charge on any atom is 0.223 e. The van der Waals surface area contributed by atoms with E-state index < -0.39 is 0 Å². The zero-order valence-electron chi connectivity index (χ0n) is 14.2. The molecule has 4 heteroatoms. The molecule has 0 atom stereocenters. The molecule has 0 fully saturated rings. The molecule has 1 heterocycles. The van der Waals surface area contributed by atoms with Crippen molar-refractivity contribution in [3.8, 4) is 0 Å². The van der Waals surface area contributed by atoms with E-state index in [1.807, 2.05) is 23.2 Å². The van der Waals surface area contributed by atoms with Crippen LogP contribution in [0.5, 0.6) is 0 Å². The molecule has 0 aliphatic heterocycles. The van der Waals surface area contributed by atoms with E-state index in [1.54, 1.807) is 18.2 Å². The van der Waals surface area contributed by atoms with Crippen molar-refractivity contribution in [3.63, 3.8) is 0 Å². The van der Waals surface area contributed by atoms with E-state index in [0.717, 1.165) is 24.1 Å². The highest BCUT2D eigenvalue weighted by atomic mass is 19.1. The first kappa shape index (κ1) is 18.0. The van der Waals surface area contributed by atoms with Crippen LogP contribution in [0.1, 0.15) is 37.4 Å². The first-order chi connectivity index (χ1) is 11.6. The number of rotatable bonds is 9. The molecule has 0 radical (unpaired) electrons. The zero-order chi connectivity index (χ0) is 17.4. The third-order valence-corrected chi connectivity index (χ3v) is 3.99. The van der Waals surface area contributed by atoms with Crippen LogP contribution in [-0.4, -0.2) is 21.9 Å². The van der Waals surface area contributed by atoms with Crippen molar-refractivity contribution in [3.05, 3.63) is 72.3 Å². The molecule has 0 bridgehead atoms. The normalized spacial score (nSPS) is 10.6. The molecule has 0 aliphatic carbocycles. The van der Waals surface area contributed by atoms with Gasteiger partial charge >= 0.3 is 0 Å². The van der Waals surface area contributed by atoms with Crippen molar-refractivity contribution in [1.29, 1.82) is 0 Å². The molecule has 0 saturated carbocycles. The first-order valence-electron chi connectivity index (χ1n) is 8.41. The van der Waals surface area contributed by atoms with Crippen LogP contribution in [0.2, 0.25) is 0 Å². The SMILES string of the molecule is C=CCN(Cc1cccn1Cc1ccc(F)cc1)C(=O)CCCC. The molecule has 1 aromatic heterocycles. The second-order valence-corrected chi connectivity index (χ2v) is 5.92. The fourth-order valence-electron chi connectivity index (χ4n) is 2.63. The monoisotopic (exact) mass is 328 g/mol. The molecule has 0 N–H and O–H groups in total. The minimum atomic E-state index is -0.231. The molecule has 128 valence electrons. The van der Waals surface area contributed by atoms with Crippen LogP contribution in [0.15, 0.2) is 55.3 Å². The van der Waals surface area contributed by atoms with Gasteiger partial charge in [-0.3, -0.25) is 4.79 Å². The summed E-state index contributed by atoms with van der Waals surface area (Å²) in [6.45, 7) is 7.60. The van der Waals surface area contributed by atoms with Crippen LogP contribution in [-0.2, 0) is 17.9 Å². The topological polar surface area (TPSA) is 25.2 Å². The largest absolute Gasteiger partial charge is 0.345 e. The molecule has 2 rings (SSSR count). The van der Waals surface area contributed by atoms with Gasteiger partial charge in [0.1, 0.15) is 5.82 Å². The van der Waals surface area contributed by atoms with Crippen LogP contribution >= 0.6 is 0 Å². The number of nitrogens with zero attached hydrogens (tertiary/aromatic N) is 2. The average molecular weight is 328 g/mol. The number of halogens is 1. The smallest absolute Gasteiger partial charge is 0.223 e. The molecule has 24 heavy (non-hydrogen) atoms. The lowest BCUT2D eigenvalue weighted by Gasteiger charge is -2.22. The van der Waals surface area contributed by atoms with Crippen LogP contribution < -0.4 is 0 Å². The van der Waals surface area contributed by atoms with E-state index in [-0.39, 0.29) is 11.7 Å². The number of carbonyl (C=O) groups excluding carboxylic acids is 1. The second-order valence-electron chi connectivity index (χ2n) is 5.92. The Kier molecular flexibility index (Phi) is 6.79. The molecule has 2 aromatic rings. The summed E-state index contributed by atoms with van der Waals surface area (Å²) in [6.07, 6.45) is 6.24. The molecule has 1 amide bonds. The number of benzene rings is 1. The van der Waals surface area contributed by atoms with Gasteiger partial charge in [-0.05, 0) is 36.2 Å². The number of aromatic nitrogens is 1. The van der Waals surface area contributed by atoms with E-state index >= 15 is 0 Å². The second kappa shape index (κ2) is 9.06. The standard InChI is InChI=1S/C20H25FN2O/c1-3-5-8-20(24)23(13-4-2)16-19-7-6-14-22(19)15-17-9-11-18(21)12-10-17/h4,6-7,9-12,14H,2-3,5,8,13,15-16H2,1H3. The summed E-state index contributed by atoms with van der Waals surface area (Å²) in [5, 5.41) is 0. The zero-order valence-corrected chi connectivity index (χ0v) is 14.2. The molecule has 0 spiro atoms. The molecule has 3 nitrogen and oxygen atoms in total. The van der Waals surface area contributed by atoms with Crippen molar-refractivity contribution in [2.45, 2.75) is 39.3 Å². The summed E-state index contributed by atoms with van der Waals surface area (Å²) >= 11 is 0. The summed E-state index contributed by atoms with van der Waals surface area (Å²) in [6, 6.07) is 10.5. The lowest BCUT2D eigenvalue weighted by atomic mass is 10.2. The van der Waals surface area contributed by atoms with E-state index in [4.69, 9.17) is 0 Å². The Morgan fingerprint density at radius 3 is 2.71 bits per heavy atom. The predicted octanol–water partition coefficient (Wildman–Crippen LogP) is 4.38. The van der Waals surface area contributed by atoms with Crippen molar-refractivity contribution >= 4 is 5.91 Å². The highest BCUT2D eigenvalue weighted by Gasteiger charge is 2.14. The van der Waals surface area contributed by atoms with Crippen LogP contribution in [0.4, 0.5) is 4.39 Å². The summed E-state index contributed by atoms with van der Waals surface area (Å²) < 4.78 is 15.1. The van der Waals surface area contributed by atoms with Crippen LogP contribution in [0.3, 0.4) is 0 Å². The summed E-state index contributed by atoms with van der Waals surface area (Å²) in [7, 11) is 0. The van der Waals surface area contributed by atoms with Crippen LogP contribution in [0.25, 0.3) is 0 Å². The van der Waals surface area contributed by atoms with E-state index in [9.17, 15) is 9.18 Å². The van der Waals surface area contributed by atoms with Crippen molar-refractivity contribution in [2.24, 2.45) is 0 Å². The Bertz CT molecular complexity index is 661. The number of hydrogen-bond acceptors (Lipinski definition) is 1. The highest BCUT2D eigenvalue weighted by Crippen LogP contribution is 2.13. The minimum Gasteiger partial charge on any atom is -0.345 e. The van der Waals surface area contributed by atoms with Crippen molar-refractivity contribution < 1.29 is 9.18 Å². The molecular weight excluding hydrogens is 303 g/mol. The molecule has 0 unspecified atom stereocenters. The van der Waals surface area contributed by atoms with Crippen LogP contribution in [0, 0.1) is 5.82 Å². The summed E-state index contributed by atoms with van der Waals surface area (Å²) in [5.74, 6) is -0.0727. The summed E-state index contributed by atoms with van der Waals surface area (Å²) in [4.78, 5) is 14.2. The van der Waals surface area contributed by atoms with Gasteiger partial charge in [0.05, 0.1) is 6.54 Å². The third kappa shape index (κ3) is 5.08. The Balaban J connectivity index is 2.08. The number of carbonyl (C=O) groups is 1. The van der Waals surface area contributed by atoms with Gasteiger partial charge in [-0.2, -0.15) is 0 Å². The van der Waals surface area contributed by atoms with Crippen molar-refractivity contribution in [1.82, 2.24) is 9.47 Å².